The first-order chi connectivity index (χ1) is 8.64. The molecule has 0 unspecified atom stereocenters. The van der Waals surface area contributed by atoms with Crippen molar-refractivity contribution < 1.29 is 0 Å². The Morgan fingerprint density at radius 3 is 1.79 bits per heavy atom. The lowest BCUT2D eigenvalue weighted by Gasteiger charge is -2.51. The first kappa shape index (κ1) is 14.1. The third kappa shape index (κ3) is 1.81. The molecule has 2 rings (SSSR count). The largest absolute Gasteiger partial charge is 0.192 e. The summed E-state index contributed by atoms with van der Waals surface area (Å²) < 4.78 is 0. The number of hydrogen-bond acceptors (Lipinski definition) is 1. The summed E-state index contributed by atoms with van der Waals surface area (Å²) in [5.74, 6) is 1.23. The lowest BCUT2D eigenvalue weighted by atomic mass is 9.53. The Hall–Kier alpha value is -1.29. The quantitative estimate of drug-likeness (QED) is 0.658. The minimum absolute atomic E-state index is 0.129. The lowest BCUT2D eigenvalue weighted by molar-refractivity contribution is 0.144. The van der Waals surface area contributed by atoms with E-state index in [0.717, 1.165) is 11.1 Å². The molecule has 0 spiro atoms. The van der Waals surface area contributed by atoms with Crippen LogP contribution in [0.4, 0.5) is 0 Å². The van der Waals surface area contributed by atoms with E-state index in [2.05, 4.69) is 59.7 Å². The van der Waals surface area contributed by atoms with Crippen molar-refractivity contribution in [2.75, 3.05) is 0 Å². The van der Waals surface area contributed by atoms with Gasteiger partial charge in [-0.25, -0.2) is 0 Å². The van der Waals surface area contributed by atoms with Gasteiger partial charge in [-0.1, -0.05) is 47.6 Å². The van der Waals surface area contributed by atoms with Gasteiger partial charge in [0.05, 0.1) is 11.6 Å². The molecule has 19 heavy (non-hydrogen) atoms. The van der Waals surface area contributed by atoms with Crippen LogP contribution in [0.2, 0.25) is 0 Å². The van der Waals surface area contributed by atoms with Gasteiger partial charge in [0.25, 0.3) is 0 Å². The van der Waals surface area contributed by atoms with Crippen molar-refractivity contribution in [2.24, 2.45) is 11.8 Å². The van der Waals surface area contributed by atoms with Crippen LogP contribution in [-0.2, 0) is 10.8 Å². The van der Waals surface area contributed by atoms with E-state index in [1.807, 2.05) is 6.92 Å². The summed E-state index contributed by atoms with van der Waals surface area (Å²) in [6.07, 6.45) is 0. The molecule has 0 aromatic heterocycles. The van der Waals surface area contributed by atoms with Gasteiger partial charge < -0.3 is 0 Å². The highest BCUT2D eigenvalue weighted by Gasteiger charge is 2.47. The summed E-state index contributed by atoms with van der Waals surface area (Å²) in [7, 11) is 0. The molecule has 0 fully saturated rings. The van der Waals surface area contributed by atoms with Crippen LogP contribution in [0.1, 0.15) is 63.8 Å². The molecule has 0 heterocycles. The van der Waals surface area contributed by atoms with E-state index >= 15 is 0 Å². The van der Waals surface area contributed by atoms with Crippen molar-refractivity contribution >= 4 is 0 Å². The molecule has 0 saturated heterocycles. The molecule has 1 nitrogen and oxygen atoms in total. The van der Waals surface area contributed by atoms with Gasteiger partial charge in [-0.3, -0.25) is 0 Å². The van der Waals surface area contributed by atoms with Crippen LogP contribution in [0.15, 0.2) is 12.1 Å². The standard InChI is InChI=1S/C18H25N/c1-11-8-15-16(9-14(11)10-19)18(6,7)13(3)12(2)17(15,4)5/h8-9,12-13H,1-7H3/t12-,13-/m1/s1. The number of hydrogen-bond donors (Lipinski definition) is 0. The summed E-state index contributed by atoms with van der Waals surface area (Å²) in [5, 5.41) is 9.29. The van der Waals surface area contributed by atoms with Crippen molar-refractivity contribution in [2.45, 2.75) is 59.3 Å². The summed E-state index contributed by atoms with van der Waals surface area (Å²) in [6, 6.07) is 6.72. The van der Waals surface area contributed by atoms with E-state index in [0.29, 0.717) is 11.8 Å². The fraction of sp³-hybridized carbons (Fsp3) is 0.611. The smallest absolute Gasteiger partial charge is 0.0994 e. The SMILES string of the molecule is Cc1cc2c(cc1C#N)C(C)(C)[C@H](C)[C@@H](C)C2(C)C. The molecule has 0 saturated carbocycles. The molecule has 102 valence electrons. The zero-order chi connectivity index (χ0) is 14.6. The van der Waals surface area contributed by atoms with Crippen LogP contribution >= 0.6 is 0 Å². The maximum atomic E-state index is 9.29. The Morgan fingerprint density at radius 2 is 1.37 bits per heavy atom. The summed E-state index contributed by atoms with van der Waals surface area (Å²) in [5.41, 5.74) is 5.02. The highest BCUT2D eigenvalue weighted by atomic mass is 14.5. The van der Waals surface area contributed by atoms with E-state index in [9.17, 15) is 5.26 Å². The molecule has 1 aliphatic carbocycles. The molecule has 1 aromatic carbocycles. The second-order valence-corrected chi connectivity index (χ2v) is 7.35. The summed E-state index contributed by atoms with van der Waals surface area (Å²) >= 11 is 0. The van der Waals surface area contributed by atoms with E-state index in [1.54, 1.807) is 0 Å². The number of rotatable bonds is 0. The third-order valence-corrected chi connectivity index (χ3v) is 5.90. The van der Waals surface area contributed by atoms with Gasteiger partial charge in [0.15, 0.2) is 0 Å². The lowest BCUT2D eigenvalue weighted by Crippen LogP contribution is -2.46. The number of nitrogens with zero attached hydrogens (tertiary/aromatic N) is 1. The van der Waals surface area contributed by atoms with E-state index in [1.165, 1.54) is 11.1 Å². The Bertz CT molecular complexity index is 558. The van der Waals surface area contributed by atoms with Gasteiger partial charge in [-0.15, -0.1) is 0 Å². The Labute approximate surface area is 117 Å². The summed E-state index contributed by atoms with van der Waals surface area (Å²) in [6.45, 7) is 16.1. The van der Waals surface area contributed by atoms with Crippen LogP contribution in [0.5, 0.6) is 0 Å². The number of nitriles is 1. The van der Waals surface area contributed by atoms with E-state index < -0.39 is 0 Å². The second kappa shape index (κ2) is 4.10. The summed E-state index contributed by atoms with van der Waals surface area (Å²) in [4.78, 5) is 0. The van der Waals surface area contributed by atoms with Crippen molar-refractivity contribution in [3.05, 3.63) is 34.4 Å². The highest BCUT2D eigenvalue weighted by Crippen LogP contribution is 2.52. The number of aryl methyl sites for hydroxylation is 1. The van der Waals surface area contributed by atoms with Gasteiger partial charge in [0, 0.05) is 0 Å². The van der Waals surface area contributed by atoms with Crippen LogP contribution in [-0.4, -0.2) is 0 Å². The fourth-order valence-corrected chi connectivity index (χ4v) is 3.64. The Kier molecular flexibility index (Phi) is 3.05. The second-order valence-electron chi connectivity index (χ2n) is 7.35. The van der Waals surface area contributed by atoms with Crippen molar-refractivity contribution in [1.82, 2.24) is 0 Å². The molecule has 1 heteroatoms. The molecule has 1 aliphatic rings. The number of fused-ring (bicyclic) bond motifs is 1. The molecular weight excluding hydrogens is 230 g/mol. The molecule has 2 atom stereocenters. The predicted octanol–water partition coefficient (Wildman–Crippen LogP) is 4.71. The minimum Gasteiger partial charge on any atom is -0.192 e. The molecule has 0 bridgehead atoms. The molecule has 0 radical (unpaired) electrons. The third-order valence-electron chi connectivity index (χ3n) is 5.90. The van der Waals surface area contributed by atoms with Crippen molar-refractivity contribution in [3.63, 3.8) is 0 Å². The molecule has 0 aliphatic heterocycles. The highest BCUT2D eigenvalue weighted by molar-refractivity contribution is 5.51. The van der Waals surface area contributed by atoms with Gasteiger partial charge >= 0.3 is 0 Å². The minimum atomic E-state index is 0.129. The van der Waals surface area contributed by atoms with Gasteiger partial charge in [0.2, 0.25) is 0 Å². The first-order valence-electron chi connectivity index (χ1n) is 7.19. The fourth-order valence-electron chi connectivity index (χ4n) is 3.64. The Balaban J connectivity index is 2.81. The predicted molar refractivity (Wildman–Crippen MR) is 80.3 cm³/mol. The first-order valence-corrected chi connectivity index (χ1v) is 7.19. The monoisotopic (exact) mass is 255 g/mol. The molecule has 1 aromatic rings. The normalized spacial score (nSPS) is 27.5. The van der Waals surface area contributed by atoms with Gasteiger partial charge in [-0.2, -0.15) is 5.26 Å². The maximum Gasteiger partial charge on any atom is 0.0994 e. The molecular formula is C18H25N. The zero-order valence-corrected chi connectivity index (χ0v) is 13.3. The number of benzene rings is 1. The maximum absolute atomic E-state index is 9.29. The molecule has 0 amide bonds. The average Bonchev–Trinajstić information content (AvgIpc) is 2.34. The van der Waals surface area contributed by atoms with Crippen LogP contribution < -0.4 is 0 Å². The topological polar surface area (TPSA) is 23.8 Å². The van der Waals surface area contributed by atoms with Gasteiger partial charge in [0.1, 0.15) is 0 Å². The van der Waals surface area contributed by atoms with Crippen LogP contribution in [0, 0.1) is 30.1 Å². The van der Waals surface area contributed by atoms with E-state index in [4.69, 9.17) is 0 Å². The molecule has 0 N–H and O–H groups in total. The van der Waals surface area contributed by atoms with Crippen molar-refractivity contribution in [3.8, 4) is 6.07 Å². The van der Waals surface area contributed by atoms with E-state index in [-0.39, 0.29) is 10.8 Å². The van der Waals surface area contributed by atoms with Crippen LogP contribution in [0.25, 0.3) is 0 Å². The Morgan fingerprint density at radius 1 is 0.947 bits per heavy atom. The van der Waals surface area contributed by atoms with Crippen LogP contribution in [0.3, 0.4) is 0 Å². The average molecular weight is 255 g/mol. The van der Waals surface area contributed by atoms with Gasteiger partial charge in [-0.05, 0) is 52.3 Å². The zero-order valence-electron chi connectivity index (χ0n) is 13.3. The van der Waals surface area contributed by atoms with Crippen molar-refractivity contribution in [1.29, 1.82) is 5.26 Å².